The Hall–Kier alpha value is -1.26. The Bertz CT molecular complexity index is 326. The zero-order valence-electron chi connectivity index (χ0n) is 9.27. The van der Waals surface area contributed by atoms with Crippen molar-refractivity contribution in [3.8, 4) is 11.5 Å². The summed E-state index contributed by atoms with van der Waals surface area (Å²) in [4.78, 5) is 1.89. The number of phenols is 1. The molecular formula is C11H17NO3. The Balaban J connectivity index is 2.85. The van der Waals surface area contributed by atoms with Gasteiger partial charge in [-0.25, -0.2) is 0 Å². The van der Waals surface area contributed by atoms with Gasteiger partial charge in [-0.3, -0.25) is 0 Å². The Morgan fingerprint density at radius 3 is 2.60 bits per heavy atom. The van der Waals surface area contributed by atoms with Crippen molar-refractivity contribution in [2.24, 2.45) is 0 Å². The van der Waals surface area contributed by atoms with Crippen LogP contribution in [0.25, 0.3) is 0 Å². The highest BCUT2D eigenvalue weighted by Gasteiger charge is 2.11. The number of benzene rings is 1. The number of methoxy groups -OCH3 is 1. The van der Waals surface area contributed by atoms with E-state index in [1.165, 1.54) is 13.2 Å². The standard InChI is InChI=1S/C11H17NO3/c1-12(2)7-10(14)8-4-5-9(13)11(6-8)15-3/h4-6,10,13-14H,7H2,1-3H3/t10-/m1/s1. The van der Waals surface area contributed by atoms with Crippen LogP contribution in [-0.4, -0.2) is 42.9 Å². The van der Waals surface area contributed by atoms with E-state index < -0.39 is 6.10 Å². The van der Waals surface area contributed by atoms with Gasteiger partial charge in [0.05, 0.1) is 13.2 Å². The normalized spacial score (nSPS) is 12.9. The summed E-state index contributed by atoms with van der Waals surface area (Å²) in [5.41, 5.74) is 0.735. The molecular weight excluding hydrogens is 194 g/mol. The average Bonchev–Trinajstić information content (AvgIpc) is 2.17. The number of hydrogen-bond donors (Lipinski definition) is 2. The fourth-order valence-corrected chi connectivity index (χ4v) is 1.35. The van der Waals surface area contributed by atoms with E-state index in [1.807, 2.05) is 19.0 Å². The van der Waals surface area contributed by atoms with E-state index in [1.54, 1.807) is 12.1 Å². The Kier molecular flexibility index (Phi) is 3.94. The van der Waals surface area contributed by atoms with Crippen LogP contribution < -0.4 is 4.74 Å². The van der Waals surface area contributed by atoms with Crippen molar-refractivity contribution in [2.45, 2.75) is 6.10 Å². The van der Waals surface area contributed by atoms with Crippen LogP contribution in [0.1, 0.15) is 11.7 Å². The number of nitrogens with zero attached hydrogens (tertiary/aromatic N) is 1. The lowest BCUT2D eigenvalue weighted by Gasteiger charge is -2.17. The van der Waals surface area contributed by atoms with Crippen molar-refractivity contribution in [1.82, 2.24) is 4.90 Å². The molecule has 84 valence electrons. The topological polar surface area (TPSA) is 52.9 Å². The summed E-state index contributed by atoms with van der Waals surface area (Å²) >= 11 is 0. The van der Waals surface area contributed by atoms with E-state index in [2.05, 4.69) is 0 Å². The van der Waals surface area contributed by atoms with E-state index in [4.69, 9.17) is 4.74 Å². The Morgan fingerprint density at radius 1 is 1.40 bits per heavy atom. The average molecular weight is 211 g/mol. The third-order valence-electron chi connectivity index (χ3n) is 2.13. The molecule has 0 aliphatic carbocycles. The first-order chi connectivity index (χ1) is 7.04. The zero-order valence-corrected chi connectivity index (χ0v) is 9.27. The summed E-state index contributed by atoms with van der Waals surface area (Å²) in [6.45, 7) is 0.536. The Morgan fingerprint density at radius 2 is 2.07 bits per heavy atom. The maximum absolute atomic E-state index is 9.82. The molecule has 2 N–H and O–H groups in total. The molecule has 4 heteroatoms. The predicted octanol–water partition coefficient (Wildman–Crippen LogP) is 0.996. The van der Waals surface area contributed by atoms with E-state index in [9.17, 15) is 10.2 Å². The second-order valence-corrected chi connectivity index (χ2v) is 3.71. The van der Waals surface area contributed by atoms with Crippen LogP contribution in [-0.2, 0) is 0 Å². The van der Waals surface area contributed by atoms with Crippen molar-refractivity contribution in [3.05, 3.63) is 23.8 Å². The van der Waals surface area contributed by atoms with Crippen molar-refractivity contribution in [3.63, 3.8) is 0 Å². The van der Waals surface area contributed by atoms with Gasteiger partial charge in [0, 0.05) is 6.54 Å². The predicted molar refractivity (Wildman–Crippen MR) is 58.2 cm³/mol. The van der Waals surface area contributed by atoms with Gasteiger partial charge >= 0.3 is 0 Å². The molecule has 0 amide bonds. The number of likely N-dealkylation sites (N-methyl/N-ethyl adjacent to an activating group) is 1. The number of hydrogen-bond acceptors (Lipinski definition) is 4. The first-order valence-corrected chi connectivity index (χ1v) is 4.74. The highest BCUT2D eigenvalue weighted by atomic mass is 16.5. The summed E-state index contributed by atoms with van der Waals surface area (Å²) in [6.07, 6.45) is -0.575. The molecule has 0 saturated carbocycles. The molecule has 15 heavy (non-hydrogen) atoms. The monoisotopic (exact) mass is 211 g/mol. The largest absolute Gasteiger partial charge is 0.504 e. The molecule has 0 aromatic heterocycles. The number of ether oxygens (including phenoxy) is 1. The zero-order chi connectivity index (χ0) is 11.4. The summed E-state index contributed by atoms with van der Waals surface area (Å²) < 4.78 is 4.97. The lowest BCUT2D eigenvalue weighted by atomic mass is 10.1. The number of aliphatic hydroxyl groups is 1. The molecule has 4 nitrogen and oxygen atoms in total. The van der Waals surface area contributed by atoms with Crippen LogP contribution in [0.3, 0.4) is 0 Å². The van der Waals surface area contributed by atoms with Crippen molar-refractivity contribution < 1.29 is 14.9 Å². The number of aliphatic hydroxyl groups excluding tert-OH is 1. The van der Waals surface area contributed by atoms with E-state index in [0.717, 1.165) is 5.56 Å². The third kappa shape index (κ3) is 3.11. The fourth-order valence-electron chi connectivity index (χ4n) is 1.35. The molecule has 1 atom stereocenters. The molecule has 0 unspecified atom stereocenters. The van der Waals surface area contributed by atoms with E-state index in [0.29, 0.717) is 12.3 Å². The van der Waals surface area contributed by atoms with Gasteiger partial charge in [0.15, 0.2) is 11.5 Å². The molecule has 0 aliphatic heterocycles. The molecule has 0 saturated heterocycles. The van der Waals surface area contributed by atoms with Gasteiger partial charge in [-0.05, 0) is 31.8 Å². The maximum atomic E-state index is 9.82. The van der Waals surface area contributed by atoms with E-state index in [-0.39, 0.29) is 5.75 Å². The van der Waals surface area contributed by atoms with Gasteiger partial charge in [-0.1, -0.05) is 6.07 Å². The number of aromatic hydroxyl groups is 1. The summed E-state index contributed by atoms with van der Waals surface area (Å²) in [5.74, 6) is 0.462. The van der Waals surface area contributed by atoms with E-state index >= 15 is 0 Å². The number of rotatable bonds is 4. The minimum Gasteiger partial charge on any atom is -0.504 e. The minimum atomic E-state index is -0.575. The molecule has 0 bridgehead atoms. The molecule has 0 fully saturated rings. The second kappa shape index (κ2) is 5.00. The summed E-state index contributed by atoms with van der Waals surface area (Å²) in [7, 11) is 5.26. The molecule has 0 spiro atoms. The van der Waals surface area contributed by atoms with Gasteiger partial charge in [0.2, 0.25) is 0 Å². The van der Waals surface area contributed by atoms with Crippen LogP contribution in [0.5, 0.6) is 11.5 Å². The number of phenolic OH excluding ortho intramolecular Hbond substituents is 1. The molecule has 0 aliphatic rings. The van der Waals surface area contributed by atoms with Crippen LogP contribution in [0.2, 0.25) is 0 Å². The quantitative estimate of drug-likeness (QED) is 0.780. The SMILES string of the molecule is COc1cc([C@H](O)CN(C)C)ccc1O. The first kappa shape index (κ1) is 11.8. The van der Waals surface area contributed by atoms with Crippen molar-refractivity contribution >= 4 is 0 Å². The third-order valence-corrected chi connectivity index (χ3v) is 2.13. The molecule has 1 aromatic carbocycles. The molecule has 0 heterocycles. The Labute approximate surface area is 89.7 Å². The summed E-state index contributed by atoms with van der Waals surface area (Å²) in [5, 5.41) is 19.2. The highest BCUT2D eigenvalue weighted by Crippen LogP contribution is 2.28. The van der Waals surface area contributed by atoms with Gasteiger partial charge in [0.25, 0.3) is 0 Å². The molecule has 1 aromatic rings. The second-order valence-electron chi connectivity index (χ2n) is 3.71. The lowest BCUT2D eigenvalue weighted by Crippen LogP contribution is -2.19. The molecule has 1 rings (SSSR count). The lowest BCUT2D eigenvalue weighted by molar-refractivity contribution is 0.138. The smallest absolute Gasteiger partial charge is 0.160 e. The van der Waals surface area contributed by atoms with Gasteiger partial charge in [0.1, 0.15) is 0 Å². The fraction of sp³-hybridized carbons (Fsp3) is 0.455. The summed E-state index contributed by atoms with van der Waals surface area (Å²) in [6, 6.07) is 4.85. The maximum Gasteiger partial charge on any atom is 0.160 e. The highest BCUT2D eigenvalue weighted by molar-refractivity contribution is 5.42. The van der Waals surface area contributed by atoms with Crippen LogP contribution in [0.4, 0.5) is 0 Å². The van der Waals surface area contributed by atoms with Crippen LogP contribution >= 0.6 is 0 Å². The van der Waals surface area contributed by atoms with Crippen LogP contribution in [0, 0.1) is 0 Å². The van der Waals surface area contributed by atoms with Gasteiger partial charge in [-0.15, -0.1) is 0 Å². The first-order valence-electron chi connectivity index (χ1n) is 4.74. The van der Waals surface area contributed by atoms with Gasteiger partial charge in [-0.2, -0.15) is 0 Å². The molecule has 0 radical (unpaired) electrons. The van der Waals surface area contributed by atoms with Crippen LogP contribution in [0.15, 0.2) is 18.2 Å². The van der Waals surface area contributed by atoms with Gasteiger partial charge < -0.3 is 19.8 Å². The van der Waals surface area contributed by atoms with Crippen molar-refractivity contribution in [2.75, 3.05) is 27.7 Å². The minimum absolute atomic E-state index is 0.0818. The van der Waals surface area contributed by atoms with Crippen molar-refractivity contribution in [1.29, 1.82) is 0 Å².